The van der Waals surface area contributed by atoms with E-state index in [0.717, 1.165) is 32.2 Å². The van der Waals surface area contributed by atoms with E-state index in [4.69, 9.17) is 0 Å². The number of carbonyl (C=O) groups excluding carboxylic acids is 1. The van der Waals surface area contributed by atoms with Crippen LogP contribution in [0.15, 0.2) is 41.6 Å². The van der Waals surface area contributed by atoms with E-state index in [9.17, 15) is 4.79 Å². The van der Waals surface area contributed by atoms with Crippen LogP contribution in [0, 0.1) is 11.3 Å². The van der Waals surface area contributed by atoms with Crippen LogP contribution in [-0.2, 0) is 4.79 Å². The number of hydrogen-bond donors (Lipinski definition) is 2. The number of nitrogens with one attached hydrogen (secondary N) is 2. The first-order valence-corrected chi connectivity index (χ1v) is 11.1. The predicted octanol–water partition coefficient (Wildman–Crippen LogP) is 5.79. The molecule has 27 heavy (non-hydrogen) atoms. The molecule has 1 spiro atoms. The third kappa shape index (κ3) is 3.93. The van der Waals surface area contributed by atoms with Gasteiger partial charge in [-0.3, -0.25) is 4.79 Å². The second-order valence-electron chi connectivity index (χ2n) is 8.71. The average Bonchev–Trinajstić information content (AvgIpc) is 2.71. The van der Waals surface area contributed by atoms with Gasteiger partial charge in [-0.2, -0.15) is 0 Å². The minimum atomic E-state index is 0.198. The molecule has 1 saturated carbocycles. The highest BCUT2D eigenvalue weighted by atomic mass is 16.2. The van der Waals surface area contributed by atoms with Gasteiger partial charge in [-0.05, 0) is 69.1 Å². The molecular weight excluding hydrogens is 332 g/mol. The molecule has 1 atom stereocenters. The fourth-order valence-corrected chi connectivity index (χ4v) is 5.79. The van der Waals surface area contributed by atoms with Crippen molar-refractivity contribution in [1.29, 1.82) is 0 Å². The molecule has 0 aromatic heterocycles. The Labute approximate surface area is 164 Å². The number of allylic oxidation sites excluding steroid dienone is 2. The summed E-state index contributed by atoms with van der Waals surface area (Å²) < 4.78 is 0. The lowest BCUT2D eigenvalue weighted by atomic mass is 9.56. The van der Waals surface area contributed by atoms with E-state index in [-0.39, 0.29) is 11.3 Å². The third-order valence-electron chi connectivity index (χ3n) is 7.09. The van der Waals surface area contributed by atoms with Crippen LogP contribution in [0.4, 0.5) is 5.69 Å². The molecule has 2 aliphatic carbocycles. The standard InChI is InChI=1S/C24H34N2O/c27-23-21(14-7-10-18-25-19-11-3-1-4-12-19)24(16-8-2-9-17-24)20-13-5-6-15-22(20)26-23/h1,3-4,11-12,21,25H,2,5-10,13-18H2,(H,26,27). The quantitative estimate of drug-likeness (QED) is 0.625. The number of anilines is 1. The van der Waals surface area contributed by atoms with Crippen molar-refractivity contribution in [3.8, 4) is 0 Å². The molecule has 4 rings (SSSR count). The Kier molecular flexibility index (Phi) is 5.85. The van der Waals surface area contributed by atoms with Gasteiger partial charge < -0.3 is 10.6 Å². The zero-order valence-electron chi connectivity index (χ0n) is 16.6. The van der Waals surface area contributed by atoms with Gasteiger partial charge in [0.25, 0.3) is 0 Å². The number of amides is 1. The van der Waals surface area contributed by atoms with Crippen molar-refractivity contribution in [3.05, 3.63) is 41.6 Å². The second kappa shape index (κ2) is 8.50. The summed E-state index contributed by atoms with van der Waals surface area (Å²) in [5, 5.41) is 6.83. The van der Waals surface area contributed by atoms with Crippen LogP contribution >= 0.6 is 0 Å². The summed E-state index contributed by atoms with van der Waals surface area (Å²) >= 11 is 0. The Morgan fingerprint density at radius 1 is 0.963 bits per heavy atom. The van der Waals surface area contributed by atoms with Crippen molar-refractivity contribution in [2.24, 2.45) is 11.3 Å². The molecular formula is C24H34N2O. The highest BCUT2D eigenvalue weighted by molar-refractivity contribution is 5.83. The number of para-hydroxylation sites is 1. The van der Waals surface area contributed by atoms with E-state index in [1.165, 1.54) is 62.8 Å². The van der Waals surface area contributed by atoms with E-state index < -0.39 is 0 Å². The zero-order valence-corrected chi connectivity index (χ0v) is 16.6. The van der Waals surface area contributed by atoms with Crippen molar-refractivity contribution in [1.82, 2.24) is 5.32 Å². The molecule has 146 valence electrons. The SMILES string of the molecule is O=C1NC2=C(CCCC2)C2(CCCCC2)C1CCCCNc1ccccc1. The molecule has 2 N–H and O–H groups in total. The maximum absolute atomic E-state index is 13.0. The molecule has 1 aromatic rings. The van der Waals surface area contributed by atoms with Gasteiger partial charge in [0.2, 0.25) is 5.91 Å². The van der Waals surface area contributed by atoms with E-state index >= 15 is 0 Å². The van der Waals surface area contributed by atoms with Gasteiger partial charge in [0.15, 0.2) is 0 Å². The topological polar surface area (TPSA) is 41.1 Å². The molecule has 1 fully saturated rings. The lowest BCUT2D eigenvalue weighted by molar-refractivity contribution is -0.130. The van der Waals surface area contributed by atoms with Gasteiger partial charge in [-0.15, -0.1) is 0 Å². The Morgan fingerprint density at radius 3 is 2.56 bits per heavy atom. The molecule has 1 unspecified atom stereocenters. The summed E-state index contributed by atoms with van der Waals surface area (Å²) in [5.74, 6) is 0.528. The number of carbonyl (C=O) groups is 1. The van der Waals surface area contributed by atoms with Crippen molar-refractivity contribution in [2.75, 3.05) is 11.9 Å². The molecule has 1 heterocycles. The van der Waals surface area contributed by atoms with Gasteiger partial charge in [0.1, 0.15) is 0 Å². The molecule has 1 aliphatic heterocycles. The van der Waals surface area contributed by atoms with Gasteiger partial charge in [0.05, 0.1) is 0 Å². The molecule has 3 heteroatoms. The molecule has 3 aliphatic rings. The van der Waals surface area contributed by atoms with Crippen LogP contribution in [0.1, 0.15) is 77.0 Å². The van der Waals surface area contributed by atoms with Crippen LogP contribution in [0.5, 0.6) is 0 Å². The molecule has 0 radical (unpaired) electrons. The highest BCUT2D eigenvalue weighted by Gasteiger charge is 2.49. The van der Waals surface area contributed by atoms with Gasteiger partial charge in [-0.25, -0.2) is 0 Å². The maximum atomic E-state index is 13.0. The van der Waals surface area contributed by atoms with Crippen LogP contribution in [-0.4, -0.2) is 12.5 Å². The zero-order chi connectivity index (χ0) is 18.5. The Bertz CT molecular complexity index is 673. The van der Waals surface area contributed by atoms with Gasteiger partial charge in [0, 0.05) is 29.3 Å². The van der Waals surface area contributed by atoms with Crippen LogP contribution in [0.25, 0.3) is 0 Å². The summed E-state index contributed by atoms with van der Waals surface area (Å²) in [6, 6.07) is 10.4. The molecule has 3 nitrogen and oxygen atoms in total. The Hall–Kier alpha value is -1.77. The summed E-state index contributed by atoms with van der Waals surface area (Å²) in [4.78, 5) is 13.0. The fourth-order valence-electron chi connectivity index (χ4n) is 5.79. The third-order valence-corrected chi connectivity index (χ3v) is 7.09. The van der Waals surface area contributed by atoms with E-state index in [0.29, 0.717) is 5.91 Å². The van der Waals surface area contributed by atoms with Gasteiger partial charge >= 0.3 is 0 Å². The molecule has 1 amide bonds. The minimum Gasteiger partial charge on any atom is -0.385 e. The smallest absolute Gasteiger partial charge is 0.228 e. The van der Waals surface area contributed by atoms with Crippen molar-refractivity contribution < 1.29 is 4.79 Å². The summed E-state index contributed by atoms with van der Waals surface area (Å²) in [7, 11) is 0. The number of hydrogen-bond acceptors (Lipinski definition) is 2. The van der Waals surface area contributed by atoms with Crippen LogP contribution in [0.3, 0.4) is 0 Å². The van der Waals surface area contributed by atoms with Crippen molar-refractivity contribution in [2.45, 2.75) is 77.0 Å². The Balaban J connectivity index is 1.39. The van der Waals surface area contributed by atoms with Crippen molar-refractivity contribution in [3.63, 3.8) is 0 Å². The lowest BCUT2D eigenvalue weighted by Crippen LogP contribution is -2.50. The first-order valence-electron chi connectivity index (χ1n) is 11.1. The number of fused-ring (bicyclic) bond motifs is 1. The summed E-state index contributed by atoms with van der Waals surface area (Å²) in [6.07, 6.45) is 14.6. The molecule has 0 bridgehead atoms. The maximum Gasteiger partial charge on any atom is 0.228 e. The number of rotatable bonds is 6. The highest BCUT2D eigenvalue weighted by Crippen LogP contribution is 2.55. The van der Waals surface area contributed by atoms with E-state index in [1.54, 1.807) is 5.57 Å². The summed E-state index contributed by atoms with van der Waals surface area (Å²) in [5.41, 5.74) is 4.35. The molecule has 0 saturated heterocycles. The second-order valence-corrected chi connectivity index (χ2v) is 8.71. The monoisotopic (exact) mass is 366 g/mol. The average molecular weight is 367 g/mol. The number of unbranched alkanes of at least 4 members (excludes halogenated alkanes) is 1. The first-order chi connectivity index (χ1) is 13.3. The van der Waals surface area contributed by atoms with E-state index in [1.807, 2.05) is 6.07 Å². The normalized spacial score (nSPS) is 24.4. The summed E-state index contributed by atoms with van der Waals surface area (Å²) in [6.45, 7) is 0.985. The number of benzene rings is 1. The Morgan fingerprint density at radius 2 is 1.74 bits per heavy atom. The first kappa shape index (κ1) is 18.6. The predicted molar refractivity (Wildman–Crippen MR) is 111 cm³/mol. The van der Waals surface area contributed by atoms with Crippen LogP contribution in [0.2, 0.25) is 0 Å². The van der Waals surface area contributed by atoms with Gasteiger partial charge in [-0.1, -0.05) is 43.9 Å². The van der Waals surface area contributed by atoms with E-state index in [2.05, 4.69) is 34.9 Å². The lowest BCUT2D eigenvalue weighted by Gasteiger charge is -2.50. The molecule has 1 aromatic carbocycles. The van der Waals surface area contributed by atoms with Crippen LogP contribution < -0.4 is 10.6 Å². The minimum absolute atomic E-state index is 0.198. The fraction of sp³-hybridized carbons (Fsp3) is 0.625. The van der Waals surface area contributed by atoms with Crippen molar-refractivity contribution >= 4 is 11.6 Å². The largest absolute Gasteiger partial charge is 0.385 e.